The Morgan fingerprint density at radius 1 is 1.06 bits per heavy atom. The van der Waals surface area contributed by atoms with Gasteiger partial charge in [-0.05, 0) is 48.5 Å². The number of nitrogens with one attached hydrogen (secondary N) is 1. The molecule has 2 heterocycles. The third-order valence-corrected chi connectivity index (χ3v) is 6.01. The van der Waals surface area contributed by atoms with E-state index in [1.165, 1.54) is 25.6 Å². The molecule has 0 aliphatic rings. The lowest BCUT2D eigenvalue weighted by Crippen LogP contribution is -2.19. The van der Waals surface area contributed by atoms with Gasteiger partial charge in [0.25, 0.3) is 15.9 Å². The molecule has 0 bridgehead atoms. The van der Waals surface area contributed by atoms with E-state index in [9.17, 15) is 22.0 Å². The molecule has 0 saturated carbocycles. The highest BCUT2D eigenvalue weighted by molar-refractivity contribution is 7.92. The number of nitrogens with zero attached hydrogens (tertiary/aromatic N) is 2. The normalized spacial score (nSPS) is 11.5. The minimum Gasteiger partial charge on any atom is -0.495 e. The summed E-state index contributed by atoms with van der Waals surface area (Å²) in [6.45, 7) is 0. The Bertz CT molecular complexity index is 1450. The molecule has 7 nitrogen and oxygen atoms in total. The molecule has 164 valence electrons. The zero-order valence-electron chi connectivity index (χ0n) is 16.3. The van der Waals surface area contributed by atoms with Crippen molar-refractivity contribution in [1.82, 2.24) is 9.55 Å². The fourth-order valence-corrected chi connectivity index (χ4v) is 4.10. The number of halogens is 3. The number of rotatable bonds is 5. The molecule has 2 aromatic carbocycles. The summed E-state index contributed by atoms with van der Waals surface area (Å²) in [6.07, 6.45) is 2.62. The predicted molar refractivity (Wildman–Crippen MR) is 110 cm³/mol. The smallest absolute Gasteiger partial charge is 0.269 e. The zero-order chi connectivity index (χ0) is 23.0. The molecule has 0 aliphatic carbocycles. The molecule has 0 saturated heterocycles. The molecule has 4 aromatic rings. The molecule has 0 unspecified atom stereocenters. The Kier molecular flexibility index (Phi) is 5.35. The summed E-state index contributed by atoms with van der Waals surface area (Å²) in [6, 6.07) is 8.52. The van der Waals surface area contributed by atoms with Crippen molar-refractivity contribution >= 4 is 32.7 Å². The largest absolute Gasteiger partial charge is 0.495 e. The molecule has 4 rings (SSSR count). The van der Waals surface area contributed by atoms with Crippen molar-refractivity contribution in [3.05, 3.63) is 83.9 Å². The Morgan fingerprint density at radius 3 is 2.47 bits per heavy atom. The number of ether oxygens (including phenoxy) is 1. The summed E-state index contributed by atoms with van der Waals surface area (Å²) in [5, 5.41) is 0.492. The lowest BCUT2D eigenvalue weighted by Gasteiger charge is -2.12. The van der Waals surface area contributed by atoms with Gasteiger partial charge in [0.1, 0.15) is 28.6 Å². The minimum atomic E-state index is -4.33. The molecule has 0 radical (unpaired) electrons. The van der Waals surface area contributed by atoms with Gasteiger partial charge in [-0.15, -0.1) is 0 Å². The van der Waals surface area contributed by atoms with Crippen molar-refractivity contribution < 1.29 is 31.1 Å². The van der Waals surface area contributed by atoms with E-state index in [2.05, 4.69) is 4.98 Å². The van der Waals surface area contributed by atoms with Gasteiger partial charge in [-0.1, -0.05) is 0 Å². The van der Waals surface area contributed by atoms with E-state index in [1.54, 1.807) is 6.07 Å². The molecule has 0 fully saturated rings. The second-order valence-electron chi connectivity index (χ2n) is 6.62. The Morgan fingerprint density at radius 2 is 1.78 bits per heavy atom. The van der Waals surface area contributed by atoms with Gasteiger partial charge >= 0.3 is 0 Å². The van der Waals surface area contributed by atoms with Gasteiger partial charge in [-0.2, -0.15) is 0 Å². The van der Waals surface area contributed by atoms with Crippen LogP contribution in [0.25, 0.3) is 11.0 Å². The highest BCUT2D eigenvalue weighted by Crippen LogP contribution is 2.27. The van der Waals surface area contributed by atoms with E-state index in [-0.39, 0.29) is 10.5 Å². The van der Waals surface area contributed by atoms with Crippen molar-refractivity contribution in [2.75, 3.05) is 11.8 Å². The first-order valence-electron chi connectivity index (χ1n) is 9.03. The summed E-state index contributed by atoms with van der Waals surface area (Å²) in [5.74, 6) is -3.91. The predicted octanol–water partition coefficient (Wildman–Crippen LogP) is 3.95. The number of fused-ring (bicyclic) bond motifs is 1. The molecule has 32 heavy (non-hydrogen) atoms. The number of benzene rings is 2. The summed E-state index contributed by atoms with van der Waals surface area (Å²) >= 11 is 0. The van der Waals surface area contributed by atoms with Crippen molar-refractivity contribution in [3.63, 3.8) is 0 Å². The minimum absolute atomic E-state index is 0.131. The maximum Gasteiger partial charge on any atom is 0.269 e. The van der Waals surface area contributed by atoms with Crippen molar-refractivity contribution in [3.8, 4) is 5.75 Å². The molecule has 11 heteroatoms. The first kappa shape index (κ1) is 21.4. The number of methoxy groups -OCH3 is 1. The quantitative estimate of drug-likeness (QED) is 0.486. The first-order chi connectivity index (χ1) is 15.2. The van der Waals surface area contributed by atoms with E-state index in [1.807, 2.05) is 4.72 Å². The SMILES string of the molecule is COc1cnc2c(ccn2C(=O)c2c(F)ccc(NS(=O)(=O)c3ccc(F)cc3)c2F)c1. The average Bonchev–Trinajstić information content (AvgIpc) is 3.19. The van der Waals surface area contributed by atoms with Gasteiger partial charge in [-0.25, -0.2) is 26.6 Å². The molecule has 2 aromatic heterocycles. The van der Waals surface area contributed by atoms with Crippen LogP contribution >= 0.6 is 0 Å². The molecule has 0 atom stereocenters. The fraction of sp³-hybridized carbons (Fsp3) is 0.0476. The van der Waals surface area contributed by atoms with E-state index >= 15 is 4.39 Å². The molecule has 1 N–H and O–H groups in total. The van der Waals surface area contributed by atoms with Crippen LogP contribution in [0.2, 0.25) is 0 Å². The average molecular weight is 461 g/mol. The van der Waals surface area contributed by atoms with E-state index in [0.717, 1.165) is 41.0 Å². The first-order valence-corrected chi connectivity index (χ1v) is 10.5. The Labute approximate surface area is 180 Å². The van der Waals surface area contributed by atoms with Crippen molar-refractivity contribution in [1.29, 1.82) is 0 Å². The van der Waals surface area contributed by atoms with Gasteiger partial charge in [0.15, 0.2) is 5.82 Å². The van der Waals surface area contributed by atoms with Crippen LogP contribution in [-0.4, -0.2) is 31.0 Å². The molecule has 0 aliphatic heterocycles. The lowest BCUT2D eigenvalue weighted by atomic mass is 10.1. The third kappa shape index (κ3) is 3.78. The molecular formula is C21H14F3N3O4S. The number of carbonyl (C=O) groups excluding carboxylic acids is 1. The summed E-state index contributed by atoms with van der Waals surface area (Å²) in [5.41, 5.74) is -1.49. The maximum atomic E-state index is 15.1. The molecule has 0 spiro atoms. The van der Waals surface area contributed by atoms with Crippen molar-refractivity contribution in [2.24, 2.45) is 0 Å². The van der Waals surface area contributed by atoms with Crippen LogP contribution in [0.4, 0.5) is 18.9 Å². The van der Waals surface area contributed by atoms with E-state index in [0.29, 0.717) is 11.1 Å². The van der Waals surface area contributed by atoms with Crippen LogP contribution in [0, 0.1) is 17.5 Å². The maximum absolute atomic E-state index is 15.1. The van der Waals surface area contributed by atoms with Crippen LogP contribution in [0.3, 0.4) is 0 Å². The Hall–Kier alpha value is -3.86. The summed E-state index contributed by atoms with van der Waals surface area (Å²) in [4.78, 5) is 16.7. The number of anilines is 1. The topological polar surface area (TPSA) is 90.3 Å². The fourth-order valence-electron chi connectivity index (χ4n) is 3.04. The monoisotopic (exact) mass is 461 g/mol. The highest BCUT2D eigenvalue weighted by Gasteiger charge is 2.26. The number of hydrogen-bond acceptors (Lipinski definition) is 5. The highest BCUT2D eigenvalue weighted by atomic mass is 32.2. The van der Waals surface area contributed by atoms with Crippen molar-refractivity contribution in [2.45, 2.75) is 4.90 Å². The van der Waals surface area contributed by atoms with E-state index in [4.69, 9.17) is 4.74 Å². The number of pyridine rings is 1. The van der Waals surface area contributed by atoms with Crippen LogP contribution in [0.1, 0.15) is 10.4 Å². The van der Waals surface area contributed by atoms with Crippen LogP contribution in [-0.2, 0) is 10.0 Å². The van der Waals surface area contributed by atoms with Gasteiger partial charge in [0.2, 0.25) is 0 Å². The number of carbonyl (C=O) groups is 1. The molecule has 0 amide bonds. The number of hydrogen-bond donors (Lipinski definition) is 1. The van der Waals surface area contributed by atoms with Gasteiger partial charge < -0.3 is 4.74 Å². The van der Waals surface area contributed by atoms with E-state index < -0.39 is 44.6 Å². The second-order valence-corrected chi connectivity index (χ2v) is 8.30. The van der Waals surface area contributed by atoms with Gasteiger partial charge in [-0.3, -0.25) is 14.1 Å². The standard InChI is InChI=1S/C21H14F3N3O4S/c1-31-14-10-12-8-9-27(20(12)25-11-14)21(28)18-16(23)6-7-17(19(18)24)26-32(29,30)15-4-2-13(22)3-5-15/h2-11,26H,1H3. The molecular weight excluding hydrogens is 447 g/mol. The van der Waals surface area contributed by atoms with Gasteiger partial charge in [0, 0.05) is 11.6 Å². The Balaban J connectivity index is 1.74. The van der Waals surface area contributed by atoms with Crippen LogP contribution < -0.4 is 9.46 Å². The second kappa shape index (κ2) is 8.00. The van der Waals surface area contributed by atoms with Crippen LogP contribution in [0.15, 0.2) is 65.8 Å². The number of sulfonamides is 1. The summed E-state index contributed by atoms with van der Waals surface area (Å²) < 4.78 is 75.6. The zero-order valence-corrected chi connectivity index (χ0v) is 17.2. The third-order valence-electron chi connectivity index (χ3n) is 4.63. The lowest BCUT2D eigenvalue weighted by molar-refractivity contribution is 0.0956. The summed E-state index contributed by atoms with van der Waals surface area (Å²) in [7, 11) is -2.89. The number of aromatic nitrogens is 2. The van der Waals surface area contributed by atoms with Gasteiger partial charge in [0.05, 0.1) is 23.9 Å². The van der Waals surface area contributed by atoms with Crippen LogP contribution in [0.5, 0.6) is 5.75 Å².